The van der Waals surface area contributed by atoms with Gasteiger partial charge >= 0.3 is 5.97 Å². The lowest BCUT2D eigenvalue weighted by molar-refractivity contribution is -0.149. The molecule has 0 N–H and O–H groups in total. The molecule has 0 aliphatic rings. The summed E-state index contributed by atoms with van der Waals surface area (Å²) in [5.41, 5.74) is 3.11. The monoisotopic (exact) mass is 729 g/mol. The molecular formula is C48H92N2O2. The number of hydrogen-bond acceptors (Lipinski definition) is 3. The third kappa shape index (κ3) is 27.3. The van der Waals surface area contributed by atoms with Gasteiger partial charge in [0.25, 0.3) is 0 Å². The van der Waals surface area contributed by atoms with E-state index in [2.05, 4.69) is 63.7 Å². The number of nitrogens with zero attached hydrogens (tertiary/aromatic N) is 2. The van der Waals surface area contributed by atoms with Crippen LogP contribution in [0.1, 0.15) is 231 Å². The average Bonchev–Trinajstić information content (AvgIpc) is 3.52. The van der Waals surface area contributed by atoms with Gasteiger partial charge in [-0.25, -0.2) is 0 Å². The van der Waals surface area contributed by atoms with Gasteiger partial charge in [-0.2, -0.15) is 0 Å². The maximum Gasteiger partial charge on any atom is 0.308 e. The van der Waals surface area contributed by atoms with Crippen LogP contribution in [0, 0.1) is 11.8 Å². The Kier molecular flexibility index (Phi) is 33.2. The first kappa shape index (κ1) is 48.7. The lowest BCUT2D eigenvalue weighted by Gasteiger charge is -2.17. The zero-order chi connectivity index (χ0) is 37.9. The van der Waals surface area contributed by atoms with Crippen LogP contribution in [0.2, 0.25) is 0 Å². The number of rotatable bonds is 39. The van der Waals surface area contributed by atoms with Gasteiger partial charge in [0.2, 0.25) is 0 Å². The highest BCUT2D eigenvalue weighted by molar-refractivity contribution is 5.72. The minimum absolute atomic E-state index is 0.0814. The Hall–Kier alpha value is -1.29. The fourth-order valence-corrected chi connectivity index (χ4v) is 8.08. The van der Waals surface area contributed by atoms with Gasteiger partial charge in [-0.1, -0.05) is 182 Å². The smallest absolute Gasteiger partial charge is 0.308 e. The average molecular weight is 729 g/mol. The molecule has 1 aromatic rings. The highest BCUT2D eigenvalue weighted by Gasteiger charge is 2.19. The molecule has 0 saturated carbocycles. The molecule has 0 bridgehead atoms. The van der Waals surface area contributed by atoms with E-state index in [1.807, 2.05) is 0 Å². The van der Waals surface area contributed by atoms with Crippen LogP contribution in [0.5, 0.6) is 0 Å². The fourth-order valence-electron chi connectivity index (χ4n) is 8.08. The van der Waals surface area contributed by atoms with E-state index < -0.39 is 0 Å². The number of unbranched alkanes of at least 4 members (excludes halogenated alkanes) is 18. The first-order valence-corrected chi connectivity index (χ1v) is 23.4. The van der Waals surface area contributed by atoms with E-state index in [1.54, 1.807) is 5.56 Å². The van der Waals surface area contributed by atoms with Gasteiger partial charge in [-0.3, -0.25) is 4.79 Å². The van der Waals surface area contributed by atoms with Crippen molar-refractivity contribution in [1.29, 1.82) is 0 Å². The molecule has 0 aliphatic carbocycles. The molecule has 0 aliphatic heterocycles. The SMILES string of the molecule is CCCCCCCCC(CCCCCC)CCCCc1cn(CCCN(C)C)cc1CCCCOC(=O)C(CCCCCC)CCCCCCCC. The van der Waals surface area contributed by atoms with E-state index in [1.165, 1.54) is 173 Å². The lowest BCUT2D eigenvalue weighted by atomic mass is 9.89. The van der Waals surface area contributed by atoms with Crippen LogP contribution in [0.4, 0.5) is 0 Å². The highest BCUT2D eigenvalue weighted by Crippen LogP contribution is 2.26. The minimum atomic E-state index is 0.0814. The number of ether oxygens (including phenoxy) is 1. The Bertz CT molecular complexity index is 908. The number of carbonyl (C=O) groups is 1. The third-order valence-corrected chi connectivity index (χ3v) is 11.5. The second kappa shape index (κ2) is 35.4. The largest absolute Gasteiger partial charge is 0.465 e. The predicted molar refractivity (Wildman–Crippen MR) is 230 cm³/mol. The number of aryl methyl sites for hydroxylation is 3. The van der Waals surface area contributed by atoms with Crippen LogP contribution in [0.15, 0.2) is 12.4 Å². The first-order valence-electron chi connectivity index (χ1n) is 23.4. The van der Waals surface area contributed by atoms with Gasteiger partial charge in [0.05, 0.1) is 12.5 Å². The lowest BCUT2D eigenvalue weighted by Crippen LogP contribution is -2.18. The molecule has 0 fully saturated rings. The maximum atomic E-state index is 13.2. The molecule has 306 valence electrons. The minimum Gasteiger partial charge on any atom is -0.465 e. The van der Waals surface area contributed by atoms with Crippen molar-refractivity contribution < 1.29 is 9.53 Å². The van der Waals surface area contributed by atoms with E-state index in [9.17, 15) is 4.79 Å². The molecular weight excluding hydrogens is 637 g/mol. The van der Waals surface area contributed by atoms with Crippen LogP contribution < -0.4 is 0 Å². The van der Waals surface area contributed by atoms with Gasteiger partial charge in [0.15, 0.2) is 0 Å². The van der Waals surface area contributed by atoms with Crippen LogP contribution in [0.25, 0.3) is 0 Å². The molecule has 1 aromatic heterocycles. The maximum absolute atomic E-state index is 13.2. The van der Waals surface area contributed by atoms with Gasteiger partial charge in [-0.05, 0) is 89.1 Å². The molecule has 1 rings (SSSR count). The van der Waals surface area contributed by atoms with Gasteiger partial charge in [0.1, 0.15) is 0 Å². The summed E-state index contributed by atoms with van der Waals surface area (Å²) in [6.07, 6.45) is 46.2. The Labute approximate surface area is 326 Å². The van der Waals surface area contributed by atoms with Crippen molar-refractivity contribution >= 4 is 5.97 Å². The fraction of sp³-hybridized carbons (Fsp3) is 0.896. The Morgan fingerprint density at radius 3 is 1.42 bits per heavy atom. The summed E-state index contributed by atoms with van der Waals surface area (Å²) in [7, 11) is 4.35. The van der Waals surface area contributed by atoms with Gasteiger partial charge in [-0.15, -0.1) is 0 Å². The topological polar surface area (TPSA) is 34.5 Å². The molecule has 2 unspecified atom stereocenters. The van der Waals surface area contributed by atoms with Crippen LogP contribution in [-0.2, 0) is 28.9 Å². The summed E-state index contributed by atoms with van der Waals surface area (Å²) >= 11 is 0. The predicted octanol–water partition coefficient (Wildman–Crippen LogP) is 14.7. The Balaban J connectivity index is 2.64. The number of carbonyl (C=O) groups excluding carboxylic acids is 1. The summed E-state index contributed by atoms with van der Waals surface area (Å²) in [4.78, 5) is 15.5. The zero-order valence-corrected chi connectivity index (χ0v) is 36.3. The standard InChI is InChI=1S/C48H92N2O2/c1-7-11-15-19-21-24-33-44(32-23-17-13-9-3)34-27-28-37-46-42-50(40-31-39-49(5)6)43-47(46)38-29-30-41-52-48(51)45(35-25-18-14-10-4)36-26-22-20-16-12-8-2/h42-45H,7-41H2,1-6H3. The molecule has 4 heteroatoms. The molecule has 2 atom stereocenters. The summed E-state index contributed by atoms with van der Waals surface area (Å²) in [5, 5.41) is 0. The first-order chi connectivity index (χ1) is 25.4. The zero-order valence-electron chi connectivity index (χ0n) is 36.3. The number of aromatic nitrogens is 1. The molecule has 4 nitrogen and oxygen atoms in total. The molecule has 52 heavy (non-hydrogen) atoms. The third-order valence-electron chi connectivity index (χ3n) is 11.5. The van der Waals surface area contributed by atoms with Crippen molar-refractivity contribution in [3.05, 3.63) is 23.5 Å². The van der Waals surface area contributed by atoms with Crippen molar-refractivity contribution in [2.75, 3.05) is 27.2 Å². The van der Waals surface area contributed by atoms with Crippen molar-refractivity contribution in [1.82, 2.24) is 9.47 Å². The van der Waals surface area contributed by atoms with E-state index >= 15 is 0 Å². The Morgan fingerprint density at radius 1 is 0.538 bits per heavy atom. The van der Waals surface area contributed by atoms with Crippen LogP contribution in [-0.4, -0.2) is 42.7 Å². The quantitative estimate of drug-likeness (QED) is 0.0500. The van der Waals surface area contributed by atoms with Crippen molar-refractivity contribution in [3.63, 3.8) is 0 Å². The summed E-state index contributed by atoms with van der Waals surface area (Å²) < 4.78 is 8.42. The molecule has 1 heterocycles. The van der Waals surface area contributed by atoms with E-state index in [4.69, 9.17) is 4.74 Å². The van der Waals surface area contributed by atoms with E-state index in [-0.39, 0.29) is 11.9 Å². The van der Waals surface area contributed by atoms with Crippen LogP contribution in [0.3, 0.4) is 0 Å². The number of esters is 1. The van der Waals surface area contributed by atoms with Gasteiger partial charge < -0.3 is 14.2 Å². The second-order valence-electron chi connectivity index (χ2n) is 16.9. The van der Waals surface area contributed by atoms with Gasteiger partial charge in [0, 0.05) is 18.9 Å². The Morgan fingerprint density at radius 2 is 0.942 bits per heavy atom. The van der Waals surface area contributed by atoms with Crippen molar-refractivity contribution in [3.8, 4) is 0 Å². The number of hydrogen-bond donors (Lipinski definition) is 0. The molecule has 0 spiro atoms. The highest BCUT2D eigenvalue weighted by atomic mass is 16.5. The molecule has 0 radical (unpaired) electrons. The normalized spacial score (nSPS) is 12.9. The summed E-state index contributed by atoms with van der Waals surface area (Å²) in [6, 6.07) is 0. The van der Waals surface area contributed by atoms with Crippen molar-refractivity contribution in [2.24, 2.45) is 11.8 Å². The second-order valence-corrected chi connectivity index (χ2v) is 16.9. The van der Waals surface area contributed by atoms with Crippen molar-refractivity contribution in [2.45, 2.75) is 240 Å². The summed E-state index contributed by atoms with van der Waals surface area (Å²) in [6.45, 7) is 12.0. The van der Waals surface area contributed by atoms with Crippen LogP contribution >= 0.6 is 0 Å². The molecule has 0 saturated heterocycles. The molecule has 0 amide bonds. The van der Waals surface area contributed by atoms with E-state index in [0.29, 0.717) is 6.61 Å². The summed E-state index contributed by atoms with van der Waals surface area (Å²) in [5.74, 6) is 1.12. The molecule has 0 aromatic carbocycles. The van der Waals surface area contributed by atoms with E-state index in [0.717, 1.165) is 57.5 Å².